The largest absolute Gasteiger partial charge is 0.309 e. The van der Waals surface area contributed by atoms with Gasteiger partial charge in [-0.3, -0.25) is 0 Å². The summed E-state index contributed by atoms with van der Waals surface area (Å²) in [6.45, 7) is 0. The molecular weight excluding hydrogens is 689 g/mol. The van der Waals surface area contributed by atoms with Crippen molar-refractivity contribution in [3.8, 4) is 33.6 Å². The molecule has 9 aromatic carbocycles. The maximum atomic E-state index is 2.50. The van der Waals surface area contributed by atoms with Gasteiger partial charge in [0.2, 0.25) is 0 Å². The molecule has 0 N–H and O–H groups in total. The van der Waals surface area contributed by atoms with E-state index in [4.69, 9.17) is 0 Å². The summed E-state index contributed by atoms with van der Waals surface area (Å²) in [4.78, 5) is 0. The first-order valence-corrected chi connectivity index (χ1v) is 19.8. The molecule has 2 nitrogen and oxygen atoms in total. The van der Waals surface area contributed by atoms with Crippen molar-refractivity contribution in [2.24, 2.45) is 0 Å². The quantitative estimate of drug-likeness (QED) is 0.167. The van der Waals surface area contributed by atoms with Gasteiger partial charge < -0.3 is 9.13 Å². The lowest BCUT2D eigenvalue weighted by atomic mass is 9.67. The summed E-state index contributed by atoms with van der Waals surface area (Å²) in [6, 6.07) is 80.5. The molecule has 0 radical (unpaired) electrons. The highest BCUT2D eigenvalue weighted by Gasteiger charge is 2.46. The van der Waals surface area contributed by atoms with Crippen LogP contribution in [0.5, 0.6) is 0 Å². The van der Waals surface area contributed by atoms with Crippen LogP contribution in [0.15, 0.2) is 218 Å². The standard InChI is InChI=1S/C55H36N2/c1-4-17-37(18-5-1)38-19-16-24-41(35-38)57-50-29-14-11-26-45(50)46-33-34-52-53(54(46)57)47-27-12-15-30-51(47)56(52)42-31-32-44-43-25-10-13-28-48(43)55(49(44)36-42,39-20-6-2-7-21-39)40-22-8-3-9-23-40/h1-36H. The van der Waals surface area contributed by atoms with Gasteiger partial charge in [0.25, 0.3) is 0 Å². The fourth-order valence-electron chi connectivity index (χ4n) is 10.1. The SMILES string of the molecule is c1ccc(-c2cccc(-n3c4ccccc4c4ccc5c(c6ccccc6n5-c5ccc6c(c5)C(c5ccccc5)(c5ccccc5)c5ccccc5-6)c43)c2)cc1. The summed E-state index contributed by atoms with van der Waals surface area (Å²) in [7, 11) is 0. The third kappa shape index (κ3) is 4.47. The van der Waals surface area contributed by atoms with Gasteiger partial charge in [-0.2, -0.15) is 0 Å². The molecule has 0 spiro atoms. The number of rotatable bonds is 5. The van der Waals surface area contributed by atoms with Crippen LogP contribution in [0.1, 0.15) is 22.3 Å². The third-order valence-corrected chi connectivity index (χ3v) is 12.4. The predicted octanol–water partition coefficient (Wildman–Crippen LogP) is 13.9. The molecule has 57 heavy (non-hydrogen) atoms. The van der Waals surface area contributed by atoms with Gasteiger partial charge in [-0.05, 0) is 87.0 Å². The van der Waals surface area contributed by atoms with Crippen LogP contribution in [0.25, 0.3) is 77.2 Å². The summed E-state index contributed by atoms with van der Waals surface area (Å²) in [5.74, 6) is 0. The Labute approximate surface area is 331 Å². The number of hydrogen-bond acceptors (Lipinski definition) is 0. The maximum Gasteiger partial charge on any atom is 0.0714 e. The number of nitrogens with zero attached hydrogens (tertiary/aromatic N) is 2. The van der Waals surface area contributed by atoms with Crippen LogP contribution in [0.4, 0.5) is 0 Å². The van der Waals surface area contributed by atoms with Crippen LogP contribution in [0, 0.1) is 0 Å². The normalized spacial score (nSPS) is 13.1. The first-order chi connectivity index (χ1) is 28.3. The Balaban J connectivity index is 1.17. The molecule has 2 aromatic heterocycles. The van der Waals surface area contributed by atoms with E-state index in [0.717, 1.165) is 11.4 Å². The zero-order valence-electron chi connectivity index (χ0n) is 31.2. The smallest absolute Gasteiger partial charge is 0.0714 e. The van der Waals surface area contributed by atoms with Gasteiger partial charge in [-0.1, -0.05) is 176 Å². The van der Waals surface area contributed by atoms with Crippen molar-refractivity contribution in [3.05, 3.63) is 241 Å². The zero-order chi connectivity index (χ0) is 37.5. The van der Waals surface area contributed by atoms with Crippen LogP contribution in [0.2, 0.25) is 0 Å². The number of hydrogen-bond donors (Lipinski definition) is 0. The fourth-order valence-corrected chi connectivity index (χ4v) is 10.1. The lowest BCUT2D eigenvalue weighted by molar-refractivity contribution is 0.767. The highest BCUT2D eigenvalue weighted by molar-refractivity contribution is 6.26. The molecule has 0 saturated carbocycles. The van der Waals surface area contributed by atoms with Crippen LogP contribution in [0.3, 0.4) is 0 Å². The summed E-state index contributed by atoms with van der Waals surface area (Å²) >= 11 is 0. The van der Waals surface area contributed by atoms with Gasteiger partial charge in [-0.25, -0.2) is 0 Å². The lowest BCUT2D eigenvalue weighted by Crippen LogP contribution is -2.28. The van der Waals surface area contributed by atoms with Crippen LogP contribution in [-0.2, 0) is 5.41 Å². The first-order valence-electron chi connectivity index (χ1n) is 19.8. The van der Waals surface area contributed by atoms with Crippen molar-refractivity contribution in [1.29, 1.82) is 0 Å². The van der Waals surface area contributed by atoms with E-state index in [1.807, 2.05) is 0 Å². The van der Waals surface area contributed by atoms with E-state index in [-0.39, 0.29) is 0 Å². The molecule has 0 aliphatic heterocycles. The summed E-state index contributed by atoms with van der Waals surface area (Å²) in [5.41, 5.74) is 16.8. The molecule has 0 saturated heterocycles. The van der Waals surface area contributed by atoms with Crippen LogP contribution in [-0.4, -0.2) is 9.13 Å². The number of benzene rings is 9. The predicted molar refractivity (Wildman–Crippen MR) is 238 cm³/mol. The Bertz CT molecular complexity index is 3290. The number of para-hydroxylation sites is 2. The molecule has 2 heteroatoms. The van der Waals surface area contributed by atoms with E-state index < -0.39 is 5.41 Å². The van der Waals surface area contributed by atoms with Crippen LogP contribution >= 0.6 is 0 Å². The van der Waals surface area contributed by atoms with E-state index in [2.05, 4.69) is 228 Å². The number of aromatic nitrogens is 2. The molecule has 0 bridgehead atoms. The molecule has 0 unspecified atom stereocenters. The van der Waals surface area contributed by atoms with Crippen molar-refractivity contribution in [2.75, 3.05) is 0 Å². The minimum Gasteiger partial charge on any atom is -0.309 e. The topological polar surface area (TPSA) is 9.86 Å². The first kappa shape index (κ1) is 31.9. The summed E-state index contributed by atoms with van der Waals surface area (Å²) in [5, 5.41) is 5.00. The monoisotopic (exact) mass is 724 g/mol. The van der Waals surface area contributed by atoms with Crippen molar-refractivity contribution >= 4 is 43.6 Å². The van der Waals surface area contributed by atoms with Gasteiger partial charge in [0, 0.05) is 32.9 Å². The highest BCUT2D eigenvalue weighted by atomic mass is 15.0. The van der Waals surface area contributed by atoms with Gasteiger partial charge >= 0.3 is 0 Å². The van der Waals surface area contributed by atoms with E-state index in [1.165, 1.54) is 88.1 Å². The van der Waals surface area contributed by atoms with Gasteiger partial charge in [0.1, 0.15) is 0 Å². The maximum absolute atomic E-state index is 2.50. The molecule has 1 aliphatic carbocycles. The van der Waals surface area contributed by atoms with Crippen molar-refractivity contribution in [2.45, 2.75) is 5.41 Å². The van der Waals surface area contributed by atoms with E-state index >= 15 is 0 Å². The molecule has 0 atom stereocenters. The Hall–Kier alpha value is -7.42. The Morgan fingerprint density at radius 1 is 0.316 bits per heavy atom. The number of fused-ring (bicyclic) bond motifs is 10. The van der Waals surface area contributed by atoms with Crippen molar-refractivity contribution in [1.82, 2.24) is 9.13 Å². The second-order valence-corrected chi connectivity index (χ2v) is 15.2. The second kappa shape index (κ2) is 12.3. The molecule has 266 valence electrons. The van der Waals surface area contributed by atoms with Crippen LogP contribution < -0.4 is 0 Å². The average Bonchev–Trinajstić information content (AvgIpc) is 3.91. The molecule has 1 aliphatic rings. The zero-order valence-corrected chi connectivity index (χ0v) is 31.2. The molecule has 12 rings (SSSR count). The van der Waals surface area contributed by atoms with E-state index in [0.29, 0.717) is 0 Å². The Kier molecular flexibility index (Phi) is 6.88. The van der Waals surface area contributed by atoms with Gasteiger partial charge in [0.15, 0.2) is 0 Å². The molecule has 0 amide bonds. The molecular formula is C55H36N2. The summed E-state index contributed by atoms with van der Waals surface area (Å²) in [6.07, 6.45) is 0. The molecule has 11 aromatic rings. The minimum atomic E-state index is -0.479. The minimum absolute atomic E-state index is 0.479. The van der Waals surface area contributed by atoms with Crippen molar-refractivity contribution < 1.29 is 0 Å². The molecule has 0 fully saturated rings. The summed E-state index contributed by atoms with van der Waals surface area (Å²) < 4.78 is 4.99. The third-order valence-electron chi connectivity index (χ3n) is 12.4. The highest BCUT2D eigenvalue weighted by Crippen LogP contribution is 2.56. The average molecular weight is 725 g/mol. The Morgan fingerprint density at radius 2 is 0.895 bits per heavy atom. The fraction of sp³-hybridized carbons (Fsp3) is 0.0182. The second-order valence-electron chi connectivity index (χ2n) is 15.2. The van der Waals surface area contributed by atoms with Gasteiger partial charge in [-0.15, -0.1) is 0 Å². The Morgan fingerprint density at radius 3 is 1.65 bits per heavy atom. The van der Waals surface area contributed by atoms with E-state index in [9.17, 15) is 0 Å². The lowest BCUT2D eigenvalue weighted by Gasteiger charge is -2.34. The van der Waals surface area contributed by atoms with Gasteiger partial charge in [0.05, 0.1) is 27.5 Å². The van der Waals surface area contributed by atoms with Crippen molar-refractivity contribution in [3.63, 3.8) is 0 Å². The molecule has 2 heterocycles. The van der Waals surface area contributed by atoms with E-state index in [1.54, 1.807) is 0 Å².